The van der Waals surface area contributed by atoms with Gasteiger partial charge in [-0.15, -0.1) is 5.10 Å². The average Bonchev–Trinajstić information content (AvgIpc) is 3.49. The number of pyridine rings is 2. The molecule has 0 saturated carbocycles. The van der Waals surface area contributed by atoms with Crippen LogP contribution in [0.4, 0.5) is 10.6 Å². The van der Waals surface area contributed by atoms with Crippen molar-refractivity contribution in [2.24, 2.45) is 0 Å². The fourth-order valence-corrected chi connectivity index (χ4v) is 5.46. The van der Waals surface area contributed by atoms with Gasteiger partial charge in [0.05, 0.1) is 29.9 Å². The van der Waals surface area contributed by atoms with Crippen LogP contribution >= 0.6 is 0 Å². The Labute approximate surface area is 209 Å². The SMILES string of the molecule is CCOc1cc(-c2ccc(N3C4CCC3CN(C(=O)OC(C)(C)C)C4)nc2)c2c3cn[nH]c3nn2c1. The first kappa shape index (κ1) is 22.6. The number of amides is 1. The summed E-state index contributed by atoms with van der Waals surface area (Å²) in [5, 5.41) is 12.7. The zero-order valence-corrected chi connectivity index (χ0v) is 21.1. The predicted molar refractivity (Wildman–Crippen MR) is 136 cm³/mol. The lowest BCUT2D eigenvalue weighted by Gasteiger charge is -2.42. The van der Waals surface area contributed by atoms with E-state index in [0.717, 1.165) is 52.1 Å². The molecule has 2 unspecified atom stereocenters. The molecule has 188 valence electrons. The maximum Gasteiger partial charge on any atom is 0.410 e. The largest absolute Gasteiger partial charge is 0.492 e. The quantitative estimate of drug-likeness (QED) is 0.457. The number of carbonyl (C=O) groups excluding carboxylic acids is 1. The molecule has 2 aliphatic heterocycles. The first-order chi connectivity index (χ1) is 17.3. The highest BCUT2D eigenvalue weighted by Crippen LogP contribution is 2.37. The molecule has 6 heterocycles. The van der Waals surface area contributed by atoms with E-state index in [0.29, 0.717) is 19.7 Å². The second-order valence-corrected chi connectivity index (χ2v) is 10.5. The minimum Gasteiger partial charge on any atom is -0.492 e. The minimum atomic E-state index is -0.493. The number of piperazine rings is 1. The van der Waals surface area contributed by atoms with Crippen LogP contribution in [0, 0.1) is 0 Å². The molecule has 0 spiro atoms. The van der Waals surface area contributed by atoms with E-state index in [-0.39, 0.29) is 18.2 Å². The lowest BCUT2D eigenvalue weighted by atomic mass is 10.1. The average molecular weight is 490 g/mol. The molecule has 4 aromatic heterocycles. The number of hydrogen-bond acceptors (Lipinski definition) is 7. The van der Waals surface area contributed by atoms with Crippen molar-refractivity contribution in [1.82, 2.24) is 29.7 Å². The van der Waals surface area contributed by atoms with Gasteiger partial charge in [0.25, 0.3) is 0 Å². The van der Waals surface area contributed by atoms with Crippen molar-refractivity contribution in [1.29, 1.82) is 0 Å². The number of aromatic nitrogens is 5. The Morgan fingerprint density at radius 2 is 1.94 bits per heavy atom. The number of hydrogen-bond donors (Lipinski definition) is 1. The Balaban J connectivity index is 1.29. The Morgan fingerprint density at radius 1 is 1.17 bits per heavy atom. The first-order valence-electron chi connectivity index (χ1n) is 12.5. The third kappa shape index (κ3) is 3.90. The zero-order valence-electron chi connectivity index (χ0n) is 21.1. The van der Waals surface area contributed by atoms with Crippen molar-refractivity contribution < 1.29 is 14.3 Å². The molecular formula is C26H31N7O3. The second-order valence-electron chi connectivity index (χ2n) is 10.5. The monoisotopic (exact) mass is 489 g/mol. The highest BCUT2D eigenvalue weighted by atomic mass is 16.6. The molecular weight excluding hydrogens is 458 g/mol. The molecule has 10 nitrogen and oxygen atoms in total. The zero-order chi connectivity index (χ0) is 25.0. The predicted octanol–water partition coefficient (Wildman–Crippen LogP) is 4.26. The van der Waals surface area contributed by atoms with E-state index in [4.69, 9.17) is 14.5 Å². The smallest absolute Gasteiger partial charge is 0.410 e. The fourth-order valence-electron chi connectivity index (χ4n) is 5.46. The van der Waals surface area contributed by atoms with E-state index in [1.54, 1.807) is 6.20 Å². The summed E-state index contributed by atoms with van der Waals surface area (Å²) < 4.78 is 13.3. The number of nitrogens with one attached hydrogen (secondary N) is 1. The van der Waals surface area contributed by atoms with Gasteiger partial charge in [0.2, 0.25) is 0 Å². The molecule has 1 N–H and O–H groups in total. The first-order valence-corrected chi connectivity index (χ1v) is 12.5. The van der Waals surface area contributed by atoms with Crippen LogP contribution in [0.2, 0.25) is 0 Å². The molecule has 2 atom stereocenters. The summed E-state index contributed by atoms with van der Waals surface area (Å²) in [6.07, 6.45) is 7.45. The van der Waals surface area contributed by atoms with E-state index < -0.39 is 5.60 Å². The van der Waals surface area contributed by atoms with Crippen molar-refractivity contribution in [2.75, 3.05) is 24.6 Å². The molecule has 2 fully saturated rings. The molecule has 2 aliphatic rings. The van der Waals surface area contributed by atoms with Crippen LogP contribution in [-0.4, -0.2) is 73.2 Å². The van der Waals surface area contributed by atoms with E-state index >= 15 is 0 Å². The number of anilines is 1. The molecule has 0 radical (unpaired) electrons. The van der Waals surface area contributed by atoms with Gasteiger partial charge in [-0.1, -0.05) is 0 Å². The lowest BCUT2D eigenvalue weighted by Crippen LogP contribution is -2.56. The summed E-state index contributed by atoms with van der Waals surface area (Å²) in [6, 6.07) is 6.70. The summed E-state index contributed by atoms with van der Waals surface area (Å²) in [7, 11) is 0. The van der Waals surface area contributed by atoms with Crippen molar-refractivity contribution >= 4 is 28.5 Å². The van der Waals surface area contributed by atoms with Crippen molar-refractivity contribution in [2.45, 2.75) is 58.2 Å². The molecule has 2 saturated heterocycles. The molecule has 0 aromatic carbocycles. The van der Waals surface area contributed by atoms with Crippen molar-refractivity contribution in [3.63, 3.8) is 0 Å². The molecule has 6 rings (SSSR count). The summed E-state index contributed by atoms with van der Waals surface area (Å²) in [5.41, 5.74) is 3.17. The summed E-state index contributed by atoms with van der Waals surface area (Å²) in [4.78, 5) is 21.8. The van der Waals surface area contributed by atoms with Crippen LogP contribution in [0.3, 0.4) is 0 Å². The summed E-state index contributed by atoms with van der Waals surface area (Å²) in [5.74, 6) is 1.69. The van der Waals surface area contributed by atoms with E-state index in [2.05, 4.69) is 32.3 Å². The Kier molecular flexibility index (Phi) is 5.27. The highest BCUT2D eigenvalue weighted by Gasteiger charge is 2.43. The van der Waals surface area contributed by atoms with Gasteiger partial charge in [-0.25, -0.2) is 14.3 Å². The van der Waals surface area contributed by atoms with Crippen LogP contribution in [0.15, 0.2) is 36.8 Å². The van der Waals surface area contributed by atoms with Crippen LogP contribution in [0.25, 0.3) is 27.7 Å². The molecule has 4 aromatic rings. The number of aromatic amines is 1. The maximum absolute atomic E-state index is 12.7. The Hall–Kier alpha value is -3.82. The number of rotatable bonds is 4. The lowest BCUT2D eigenvalue weighted by molar-refractivity contribution is 0.0209. The number of ether oxygens (including phenoxy) is 2. The van der Waals surface area contributed by atoms with Gasteiger partial charge in [0, 0.05) is 42.5 Å². The summed E-state index contributed by atoms with van der Waals surface area (Å²) >= 11 is 0. The standard InChI is InChI=1S/C26H31N7O3/c1-5-35-19-10-20(23-21-12-28-29-24(21)30-32(23)15-19)16-6-9-22(27-11-16)33-17-7-8-18(33)14-31(13-17)25(34)36-26(2,3)4/h6,9-12,15,17-18H,5,7-8,13-14H2,1-4H3,(H,29,30). The van der Waals surface area contributed by atoms with Crippen LogP contribution in [-0.2, 0) is 4.74 Å². The van der Waals surface area contributed by atoms with Gasteiger partial charge in [-0.05, 0) is 58.7 Å². The summed E-state index contributed by atoms with van der Waals surface area (Å²) in [6.45, 7) is 9.55. The molecule has 36 heavy (non-hydrogen) atoms. The van der Waals surface area contributed by atoms with E-state index in [1.807, 2.05) is 55.6 Å². The number of nitrogens with zero attached hydrogens (tertiary/aromatic N) is 6. The molecule has 1 amide bonds. The molecule has 2 bridgehead atoms. The van der Waals surface area contributed by atoms with Crippen LogP contribution in [0.5, 0.6) is 5.75 Å². The van der Waals surface area contributed by atoms with Gasteiger partial charge in [-0.2, -0.15) is 5.10 Å². The topological polar surface area (TPSA) is 101 Å². The highest BCUT2D eigenvalue weighted by molar-refractivity contribution is 6.00. The van der Waals surface area contributed by atoms with Gasteiger partial charge in [-0.3, -0.25) is 5.10 Å². The van der Waals surface area contributed by atoms with Gasteiger partial charge in [0.1, 0.15) is 17.2 Å². The molecule has 10 heteroatoms. The minimum absolute atomic E-state index is 0.230. The van der Waals surface area contributed by atoms with Crippen molar-refractivity contribution in [3.8, 4) is 16.9 Å². The van der Waals surface area contributed by atoms with E-state index in [9.17, 15) is 4.79 Å². The third-order valence-corrected chi connectivity index (χ3v) is 6.87. The number of likely N-dealkylation sites (tertiary alicyclic amines) is 1. The van der Waals surface area contributed by atoms with Crippen LogP contribution < -0.4 is 9.64 Å². The second kappa shape index (κ2) is 8.39. The maximum atomic E-state index is 12.7. The van der Waals surface area contributed by atoms with E-state index in [1.165, 1.54) is 0 Å². The number of H-pyrrole nitrogens is 1. The van der Waals surface area contributed by atoms with Crippen LogP contribution in [0.1, 0.15) is 40.5 Å². The molecule has 0 aliphatic carbocycles. The fraction of sp³-hybridized carbons (Fsp3) is 0.462. The third-order valence-electron chi connectivity index (χ3n) is 6.87. The Bertz CT molecular complexity index is 1410. The number of fused-ring (bicyclic) bond motifs is 5. The number of carbonyl (C=O) groups is 1. The van der Waals surface area contributed by atoms with Gasteiger partial charge >= 0.3 is 6.09 Å². The Morgan fingerprint density at radius 3 is 2.61 bits per heavy atom. The van der Waals surface area contributed by atoms with Gasteiger partial charge < -0.3 is 19.3 Å². The van der Waals surface area contributed by atoms with Crippen molar-refractivity contribution in [3.05, 3.63) is 36.8 Å². The normalized spacial score (nSPS) is 19.9. The van der Waals surface area contributed by atoms with Gasteiger partial charge in [0.15, 0.2) is 5.65 Å².